The first-order chi connectivity index (χ1) is 9.31. The predicted molar refractivity (Wildman–Crippen MR) is 75.4 cm³/mol. The molecule has 1 saturated heterocycles. The predicted octanol–water partition coefficient (Wildman–Crippen LogP) is 2.33. The van der Waals surface area contributed by atoms with E-state index in [9.17, 15) is 0 Å². The number of benzene rings is 1. The van der Waals surface area contributed by atoms with Crippen LogP contribution in [0.4, 0.5) is 0 Å². The van der Waals surface area contributed by atoms with E-state index in [0.29, 0.717) is 6.04 Å². The summed E-state index contributed by atoms with van der Waals surface area (Å²) >= 11 is 0. The highest BCUT2D eigenvalue weighted by Crippen LogP contribution is 2.37. The van der Waals surface area contributed by atoms with E-state index in [1.165, 1.54) is 18.4 Å². The number of methoxy groups -OCH3 is 1. The summed E-state index contributed by atoms with van der Waals surface area (Å²) < 4.78 is 11.1. The van der Waals surface area contributed by atoms with Crippen molar-refractivity contribution in [1.29, 1.82) is 0 Å². The monoisotopic (exact) mass is 261 g/mol. The maximum absolute atomic E-state index is 5.64. The van der Waals surface area contributed by atoms with Crippen LogP contribution in [0.25, 0.3) is 0 Å². The van der Waals surface area contributed by atoms with Crippen molar-refractivity contribution in [2.75, 3.05) is 26.9 Å². The highest BCUT2D eigenvalue weighted by molar-refractivity contribution is 5.22. The molecular formula is C16H23NO2. The molecule has 1 aliphatic carbocycles. The van der Waals surface area contributed by atoms with Crippen molar-refractivity contribution in [3.8, 4) is 0 Å². The number of nitrogens with one attached hydrogen (secondary N) is 1. The van der Waals surface area contributed by atoms with Crippen LogP contribution >= 0.6 is 0 Å². The molecule has 3 heteroatoms. The molecule has 1 saturated carbocycles. The molecule has 1 aromatic carbocycles. The normalized spacial score (nSPS) is 34.2. The van der Waals surface area contributed by atoms with Gasteiger partial charge in [-0.2, -0.15) is 0 Å². The minimum absolute atomic E-state index is 0.0855. The molecule has 19 heavy (non-hydrogen) atoms. The molecule has 1 N–H and O–H groups in total. The Bertz CT molecular complexity index is 394. The molecule has 0 aromatic heterocycles. The third-order valence-electron chi connectivity index (χ3n) is 4.62. The van der Waals surface area contributed by atoms with Crippen molar-refractivity contribution in [3.63, 3.8) is 0 Å². The zero-order valence-electron chi connectivity index (χ0n) is 11.6. The van der Waals surface area contributed by atoms with Crippen molar-refractivity contribution in [2.45, 2.75) is 36.8 Å². The van der Waals surface area contributed by atoms with Crippen LogP contribution in [-0.4, -0.2) is 38.5 Å². The van der Waals surface area contributed by atoms with Crippen LogP contribution in [0.5, 0.6) is 0 Å². The summed E-state index contributed by atoms with van der Waals surface area (Å²) in [6.07, 6.45) is 3.49. The molecule has 2 aliphatic rings. The van der Waals surface area contributed by atoms with Crippen molar-refractivity contribution in [3.05, 3.63) is 35.9 Å². The maximum atomic E-state index is 5.64. The Morgan fingerprint density at radius 3 is 2.74 bits per heavy atom. The fourth-order valence-electron chi connectivity index (χ4n) is 3.07. The number of hydrogen-bond acceptors (Lipinski definition) is 3. The van der Waals surface area contributed by atoms with Gasteiger partial charge in [0.05, 0.1) is 6.61 Å². The Morgan fingerprint density at radius 2 is 2.11 bits per heavy atom. The summed E-state index contributed by atoms with van der Waals surface area (Å²) in [5.74, 6) is 0.733. The SMILES string of the molecule is COC1(CNC2CC(c3ccccc3)C2)CCOC1. The molecule has 1 unspecified atom stereocenters. The van der Waals surface area contributed by atoms with Gasteiger partial charge < -0.3 is 14.8 Å². The van der Waals surface area contributed by atoms with E-state index < -0.39 is 0 Å². The fourth-order valence-corrected chi connectivity index (χ4v) is 3.07. The summed E-state index contributed by atoms with van der Waals surface area (Å²) in [4.78, 5) is 0. The van der Waals surface area contributed by atoms with Crippen LogP contribution in [0.3, 0.4) is 0 Å². The van der Waals surface area contributed by atoms with Gasteiger partial charge in [0.2, 0.25) is 0 Å². The minimum Gasteiger partial charge on any atom is -0.378 e. The second kappa shape index (κ2) is 5.61. The Balaban J connectivity index is 1.44. The molecule has 104 valence electrons. The van der Waals surface area contributed by atoms with Gasteiger partial charge in [-0.1, -0.05) is 30.3 Å². The second-order valence-corrected chi connectivity index (χ2v) is 5.85. The molecule has 2 fully saturated rings. The van der Waals surface area contributed by atoms with Gasteiger partial charge in [0.25, 0.3) is 0 Å². The topological polar surface area (TPSA) is 30.5 Å². The van der Waals surface area contributed by atoms with E-state index >= 15 is 0 Å². The van der Waals surface area contributed by atoms with Gasteiger partial charge in [0, 0.05) is 32.7 Å². The molecule has 1 heterocycles. The van der Waals surface area contributed by atoms with Gasteiger partial charge >= 0.3 is 0 Å². The number of rotatable bonds is 5. The van der Waals surface area contributed by atoms with Crippen LogP contribution in [0, 0.1) is 0 Å². The second-order valence-electron chi connectivity index (χ2n) is 5.85. The molecular weight excluding hydrogens is 238 g/mol. The summed E-state index contributed by atoms with van der Waals surface area (Å²) in [6, 6.07) is 11.5. The standard InChI is InChI=1S/C16H23NO2/c1-18-16(7-8-19-12-16)11-17-15-9-14(10-15)13-5-3-2-4-6-13/h2-6,14-15,17H,7-12H2,1H3. The van der Waals surface area contributed by atoms with Crippen LogP contribution in [0.2, 0.25) is 0 Å². The van der Waals surface area contributed by atoms with Gasteiger partial charge in [-0.05, 0) is 24.3 Å². The van der Waals surface area contributed by atoms with Crippen LogP contribution < -0.4 is 5.32 Å². The summed E-state index contributed by atoms with van der Waals surface area (Å²) in [6.45, 7) is 2.47. The lowest BCUT2D eigenvalue weighted by Crippen LogP contribution is -2.49. The van der Waals surface area contributed by atoms with Gasteiger partial charge in [0.1, 0.15) is 5.60 Å². The fraction of sp³-hybridized carbons (Fsp3) is 0.625. The highest BCUT2D eigenvalue weighted by atomic mass is 16.5. The van der Waals surface area contributed by atoms with E-state index in [1.54, 1.807) is 7.11 Å². The Hall–Kier alpha value is -0.900. The molecule has 0 amide bonds. The third-order valence-corrected chi connectivity index (χ3v) is 4.62. The Labute approximate surface area is 115 Å². The quantitative estimate of drug-likeness (QED) is 0.882. The molecule has 3 nitrogen and oxygen atoms in total. The highest BCUT2D eigenvalue weighted by Gasteiger charge is 2.37. The van der Waals surface area contributed by atoms with E-state index in [-0.39, 0.29) is 5.60 Å². The zero-order valence-corrected chi connectivity index (χ0v) is 11.6. The van der Waals surface area contributed by atoms with Crippen molar-refractivity contribution < 1.29 is 9.47 Å². The zero-order chi connectivity index (χ0) is 13.1. The Morgan fingerprint density at radius 1 is 1.32 bits per heavy atom. The molecule has 0 bridgehead atoms. The smallest absolute Gasteiger partial charge is 0.106 e. The van der Waals surface area contributed by atoms with Crippen LogP contribution in [-0.2, 0) is 9.47 Å². The minimum atomic E-state index is -0.0855. The lowest BCUT2D eigenvalue weighted by atomic mass is 9.75. The van der Waals surface area contributed by atoms with Gasteiger partial charge in [-0.25, -0.2) is 0 Å². The largest absolute Gasteiger partial charge is 0.378 e. The molecule has 1 aromatic rings. The average Bonchev–Trinajstić information content (AvgIpc) is 2.88. The van der Waals surface area contributed by atoms with Crippen LogP contribution in [0.15, 0.2) is 30.3 Å². The summed E-state index contributed by atoms with van der Waals surface area (Å²) in [5.41, 5.74) is 1.39. The molecule has 0 radical (unpaired) electrons. The Kier molecular flexibility index (Phi) is 3.87. The molecule has 1 aliphatic heterocycles. The first kappa shape index (κ1) is 13.1. The molecule has 0 spiro atoms. The van der Waals surface area contributed by atoms with Crippen LogP contribution in [0.1, 0.15) is 30.7 Å². The first-order valence-corrected chi connectivity index (χ1v) is 7.22. The van der Waals surface area contributed by atoms with E-state index in [0.717, 1.165) is 32.1 Å². The van der Waals surface area contributed by atoms with Crippen molar-refractivity contribution in [2.24, 2.45) is 0 Å². The van der Waals surface area contributed by atoms with Crippen molar-refractivity contribution in [1.82, 2.24) is 5.32 Å². The number of hydrogen-bond donors (Lipinski definition) is 1. The number of ether oxygens (including phenoxy) is 2. The van der Waals surface area contributed by atoms with E-state index in [4.69, 9.17) is 9.47 Å². The summed E-state index contributed by atoms with van der Waals surface area (Å²) in [5, 5.41) is 3.65. The van der Waals surface area contributed by atoms with Gasteiger partial charge in [-0.15, -0.1) is 0 Å². The van der Waals surface area contributed by atoms with Gasteiger partial charge in [0.15, 0.2) is 0 Å². The molecule has 1 atom stereocenters. The van der Waals surface area contributed by atoms with E-state index in [1.807, 2.05) is 0 Å². The lowest BCUT2D eigenvalue weighted by molar-refractivity contribution is -0.0196. The lowest BCUT2D eigenvalue weighted by Gasteiger charge is -2.38. The van der Waals surface area contributed by atoms with Gasteiger partial charge in [-0.3, -0.25) is 0 Å². The summed E-state index contributed by atoms with van der Waals surface area (Å²) in [7, 11) is 1.80. The third kappa shape index (κ3) is 2.83. The molecule has 3 rings (SSSR count). The maximum Gasteiger partial charge on any atom is 0.106 e. The van der Waals surface area contributed by atoms with E-state index in [2.05, 4.69) is 35.6 Å². The average molecular weight is 261 g/mol. The van der Waals surface area contributed by atoms with Crippen molar-refractivity contribution >= 4 is 0 Å². The first-order valence-electron chi connectivity index (χ1n) is 7.22.